The van der Waals surface area contributed by atoms with Crippen LogP contribution in [0.3, 0.4) is 0 Å². The van der Waals surface area contributed by atoms with Crippen LogP contribution in [0.2, 0.25) is 0 Å². The number of aromatic nitrogens is 1. The number of pyridine rings is 1. The first-order chi connectivity index (χ1) is 10.3. The fourth-order valence-electron chi connectivity index (χ4n) is 2.17. The van der Waals surface area contributed by atoms with Crippen molar-refractivity contribution in [3.8, 4) is 0 Å². The molecule has 104 valence electrons. The molecule has 1 aromatic heterocycles. The van der Waals surface area contributed by atoms with E-state index in [0.717, 1.165) is 27.0 Å². The van der Waals surface area contributed by atoms with Crippen LogP contribution in [0.4, 0.5) is 5.69 Å². The molecule has 3 heteroatoms. The molecule has 3 rings (SSSR count). The average Bonchev–Trinajstić information content (AvgIpc) is 2.55. The molecule has 2 nitrogen and oxygen atoms in total. The van der Waals surface area contributed by atoms with Gasteiger partial charge in [0, 0.05) is 24.3 Å². The molecule has 0 radical (unpaired) electrons. The molecule has 0 aliphatic rings. The third-order valence-electron chi connectivity index (χ3n) is 3.32. The highest BCUT2D eigenvalue weighted by atomic mass is 32.2. The summed E-state index contributed by atoms with van der Waals surface area (Å²) in [5, 5.41) is 1.16. The molecule has 0 saturated carbocycles. The second kappa shape index (κ2) is 6.02. The highest BCUT2D eigenvalue weighted by molar-refractivity contribution is 8.00. The Kier molecular flexibility index (Phi) is 3.93. The maximum atomic E-state index is 4.49. The summed E-state index contributed by atoms with van der Waals surface area (Å²) in [6.07, 6.45) is 3.69. The Hall–Kier alpha value is -2.26. The predicted octanol–water partition coefficient (Wildman–Crippen LogP) is 5.02. The fourth-order valence-corrected chi connectivity index (χ4v) is 3.09. The lowest BCUT2D eigenvalue weighted by molar-refractivity contribution is 1.31. The number of hydrogen-bond acceptors (Lipinski definition) is 3. The minimum Gasteiger partial charge on any atom is -0.315 e. The van der Waals surface area contributed by atoms with Gasteiger partial charge in [0.15, 0.2) is 0 Å². The van der Waals surface area contributed by atoms with E-state index in [1.54, 1.807) is 11.9 Å². The first kappa shape index (κ1) is 13.7. The number of para-hydroxylation sites is 1. The third kappa shape index (κ3) is 2.93. The summed E-state index contributed by atoms with van der Waals surface area (Å²) in [4.78, 5) is 5.65. The number of anilines is 1. The van der Waals surface area contributed by atoms with E-state index in [4.69, 9.17) is 0 Å². The lowest BCUT2D eigenvalue weighted by Gasteiger charge is -2.18. The Labute approximate surface area is 129 Å². The van der Waals surface area contributed by atoms with Gasteiger partial charge in [0.25, 0.3) is 0 Å². The summed E-state index contributed by atoms with van der Waals surface area (Å²) >= 11 is 1.68. The summed E-state index contributed by atoms with van der Waals surface area (Å²) in [6.45, 7) is 3.78. The number of nitrogens with zero attached hydrogens (tertiary/aromatic N) is 2. The Morgan fingerprint density at radius 3 is 2.57 bits per heavy atom. The Balaban J connectivity index is 1.88. The lowest BCUT2D eigenvalue weighted by atomic mass is 10.2. The molecule has 2 aromatic carbocycles. The van der Waals surface area contributed by atoms with Crippen LogP contribution in [0.15, 0.2) is 72.3 Å². The summed E-state index contributed by atoms with van der Waals surface area (Å²) in [7, 11) is 2.06. The second-order valence-electron chi connectivity index (χ2n) is 4.72. The fraction of sp³-hybridized carbons (Fsp3) is 0.0556. The smallest absolute Gasteiger partial charge is 0.0855 e. The van der Waals surface area contributed by atoms with Crippen molar-refractivity contribution in [3.63, 3.8) is 0 Å². The van der Waals surface area contributed by atoms with Gasteiger partial charge in [0.05, 0.1) is 10.4 Å². The lowest BCUT2D eigenvalue weighted by Crippen LogP contribution is -2.06. The van der Waals surface area contributed by atoms with Crippen molar-refractivity contribution in [2.75, 3.05) is 11.4 Å². The molecular weight excluding hydrogens is 276 g/mol. The zero-order chi connectivity index (χ0) is 14.7. The highest BCUT2D eigenvalue weighted by Crippen LogP contribution is 2.31. The molecule has 3 aromatic rings. The van der Waals surface area contributed by atoms with Crippen molar-refractivity contribution >= 4 is 34.6 Å². The minimum absolute atomic E-state index is 1.04. The molecule has 0 bridgehead atoms. The summed E-state index contributed by atoms with van der Waals surface area (Å²) in [6, 6.07) is 18.7. The van der Waals surface area contributed by atoms with Crippen LogP contribution in [0.25, 0.3) is 17.0 Å². The van der Waals surface area contributed by atoms with Crippen molar-refractivity contribution in [1.82, 2.24) is 4.98 Å². The van der Waals surface area contributed by atoms with Crippen LogP contribution in [-0.4, -0.2) is 12.0 Å². The third-order valence-corrected chi connectivity index (χ3v) is 4.33. The van der Waals surface area contributed by atoms with Gasteiger partial charge in [0.1, 0.15) is 0 Å². The van der Waals surface area contributed by atoms with Gasteiger partial charge < -0.3 is 4.31 Å². The molecule has 21 heavy (non-hydrogen) atoms. The Morgan fingerprint density at radius 1 is 1.05 bits per heavy atom. The van der Waals surface area contributed by atoms with E-state index < -0.39 is 0 Å². The van der Waals surface area contributed by atoms with E-state index in [9.17, 15) is 0 Å². The maximum Gasteiger partial charge on any atom is 0.0855 e. The number of rotatable bonds is 4. The summed E-state index contributed by atoms with van der Waals surface area (Å²) < 4.78 is 2.15. The van der Waals surface area contributed by atoms with Gasteiger partial charge in [-0.2, -0.15) is 0 Å². The van der Waals surface area contributed by atoms with Crippen molar-refractivity contribution in [3.05, 3.63) is 72.9 Å². The molecule has 0 spiro atoms. The molecule has 0 aliphatic heterocycles. The quantitative estimate of drug-likeness (QED) is 0.628. The van der Waals surface area contributed by atoms with Crippen molar-refractivity contribution < 1.29 is 0 Å². The van der Waals surface area contributed by atoms with E-state index in [0.29, 0.717) is 0 Å². The van der Waals surface area contributed by atoms with E-state index in [2.05, 4.69) is 71.4 Å². The van der Waals surface area contributed by atoms with Crippen LogP contribution >= 0.6 is 11.9 Å². The predicted molar refractivity (Wildman–Crippen MR) is 92.5 cm³/mol. The van der Waals surface area contributed by atoms with Crippen molar-refractivity contribution in [1.29, 1.82) is 0 Å². The van der Waals surface area contributed by atoms with Gasteiger partial charge in [-0.15, -0.1) is 0 Å². The molecule has 1 heterocycles. The van der Waals surface area contributed by atoms with Crippen LogP contribution in [0.5, 0.6) is 0 Å². The second-order valence-corrected chi connectivity index (χ2v) is 5.89. The standard InChI is InChI=1S/C18H16N2S/c1-3-14-9-11-16(12-10-14)20(2)21-17-8-4-6-15-7-5-13-19-18(15)17/h3-13H,1H2,2H3. The number of fused-ring (bicyclic) bond motifs is 1. The SMILES string of the molecule is C=Cc1ccc(N(C)Sc2cccc3cccnc23)cc1. The monoisotopic (exact) mass is 292 g/mol. The summed E-state index contributed by atoms with van der Waals surface area (Å²) in [5.74, 6) is 0. The van der Waals surface area contributed by atoms with E-state index in [1.807, 2.05) is 18.3 Å². The first-order valence-electron chi connectivity index (χ1n) is 6.76. The van der Waals surface area contributed by atoms with Gasteiger partial charge in [-0.05, 0) is 41.8 Å². The highest BCUT2D eigenvalue weighted by Gasteiger charge is 2.07. The average molecular weight is 292 g/mol. The van der Waals surface area contributed by atoms with Crippen molar-refractivity contribution in [2.45, 2.75) is 4.90 Å². The Morgan fingerprint density at radius 2 is 1.81 bits per heavy atom. The molecule has 0 unspecified atom stereocenters. The van der Waals surface area contributed by atoms with E-state index in [1.165, 1.54) is 0 Å². The zero-order valence-electron chi connectivity index (χ0n) is 11.9. The van der Waals surface area contributed by atoms with Crippen LogP contribution in [0.1, 0.15) is 5.56 Å². The van der Waals surface area contributed by atoms with Crippen LogP contribution < -0.4 is 4.31 Å². The first-order valence-corrected chi connectivity index (χ1v) is 7.53. The van der Waals surface area contributed by atoms with Crippen molar-refractivity contribution in [2.24, 2.45) is 0 Å². The number of hydrogen-bond donors (Lipinski definition) is 0. The molecule has 0 amide bonds. The molecule has 0 fully saturated rings. The minimum atomic E-state index is 1.04. The van der Waals surface area contributed by atoms with Crippen LogP contribution in [0, 0.1) is 0 Å². The molecule has 0 saturated heterocycles. The van der Waals surface area contributed by atoms with E-state index in [-0.39, 0.29) is 0 Å². The maximum absolute atomic E-state index is 4.49. The molecule has 0 aliphatic carbocycles. The topological polar surface area (TPSA) is 16.1 Å². The van der Waals surface area contributed by atoms with E-state index >= 15 is 0 Å². The van der Waals surface area contributed by atoms with Crippen LogP contribution in [-0.2, 0) is 0 Å². The van der Waals surface area contributed by atoms with Gasteiger partial charge in [-0.25, -0.2) is 0 Å². The van der Waals surface area contributed by atoms with Gasteiger partial charge >= 0.3 is 0 Å². The molecule has 0 N–H and O–H groups in total. The van der Waals surface area contributed by atoms with Gasteiger partial charge in [-0.3, -0.25) is 4.98 Å². The Bertz CT molecular complexity index is 760. The number of benzene rings is 2. The molecule has 0 atom stereocenters. The van der Waals surface area contributed by atoms with Gasteiger partial charge in [-0.1, -0.05) is 43.0 Å². The van der Waals surface area contributed by atoms with Gasteiger partial charge in [0.2, 0.25) is 0 Å². The zero-order valence-corrected chi connectivity index (χ0v) is 12.7. The summed E-state index contributed by atoms with van der Waals surface area (Å²) in [5.41, 5.74) is 3.32. The largest absolute Gasteiger partial charge is 0.315 e. The molecular formula is C18H16N2S. The normalized spacial score (nSPS) is 10.5.